The number of rotatable bonds is 20. The van der Waals surface area contributed by atoms with Gasteiger partial charge in [0, 0.05) is 45.3 Å². The topological polar surface area (TPSA) is 160 Å². The predicted octanol–water partition coefficient (Wildman–Crippen LogP) is 3.98. The minimum Gasteiger partial charge on any atom is -0.452 e. The van der Waals surface area contributed by atoms with Crippen molar-refractivity contribution in [3.05, 3.63) is 11.6 Å². The molecule has 2 rings (SSSR count). The third-order valence-electron chi connectivity index (χ3n) is 10.7. The van der Waals surface area contributed by atoms with Crippen LogP contribution in [0.15, 0.2) is 11.6 Å². The fourth-order valence-corrected chi connectivity index (χ4v) is 8.01. The van der Waals surface area contributed by atoms with Crippen molar-refractivity contribution in [2.24, 2.45) is 23.7 Å². The average Bonchev–Trinajstić information content (AvgIpc) is 3.82. The van der Waals surface area contributed by atoms with Crippen molar-refractivity contribution in [3.63, 3.8) is 0 Å². The van der Waals surface area contributed by atoms with Gasteiger partial charge in [-0.15, -0.1) is 11.3 Å². The maximum Gasteiger partial charge on any atom is 0.422 e. The van der Waals surface area contributed by atoms with Gasteiger partial charge in [-0.1, -0.05) is 61.3 Å². The molecule has 4 amide bonds. The lowest BCUT2D eigenvalue weighted by Gasteiger charge is -2.40. The number of thiazole rings is 1. The van der Waals surface area contributed by atoms with E-state index in [-0.39, 0.29) is 52.9 Å². The van der Waals surface area contributed by atoms with Gasteiger partial charge in [0.25, 0.3) is 0 Å². The maximum absolute atomic E-state index is 14.3. The Balaban J connectivity index is 2.25. The summed E-state index contributed by atoms with van der Waals surface area (Å²) in [6.45, 7) is 13.7. The van der Waals surface area contributed by atoms with E-state index < -0.39 is 54.3 Å². The molecule has 2 heterocycles. The SMILES string of the molecule is CCC(C)C(NC(=O)C(C(C)C)N(C)C)C(=O)N(C)C(C(C)CC)C(CC(=O)C1CCC(C(OC)C(C)C(=O)N(C(=O)OC)c2nccs2)N1)OC. The van der Waals surface area contributed by atoms with Crippen LogP contribution in [0.1, 0.15) is 80.6 Å². The highest BCUT2D eigenvalue weighted by Crippen LogP contribution is 2.29. The van der Waals surface area contributed by atoms with Crippen LogP contribution in [-0.2, 0) is 33.4 Å². The number of amides is 4. The van der Waals surface area contributed by atoms with Crippen LogP contribution in [0.5, 0.6) is 0 Å². The molecule has 0 aromatic carbocycles. The smallest absolute Gasteiger partial charge is 0.422 e. The number of methoxy groups -OCH3 is 3. The molecule has 52 heavy (non-hydrogen) atoms. The molecule has 1 aliphatic rings. The van der Waals surface area contributed by atoms with Crippen molar-refractivity contribution in [2.45, 2.75) is 123 Å². The summed E-state index contributed by atoms with van der Waals surface area (Å²) in [6.07, 6.45) is 1.95. The number of hydrogen-bond donors (Lipinski definition) is 2. The molecule has 296 valence electrons. The van der Waals surface area contributed by atoms with Crippen LogP contribution >= 0.6 is 11.3 Å². The Morgan fingerprint density at radius 2 is 1.58 bits per heavy atom. The van der Waals surface area contributed by atoms with Crippen LogP contribution in [0.3, 0.4) is 0 Å². The van der Waals surface area contributed by atoms with E-state index in [9.17, 15) is 24.0 Å². The zero-order chi connectivity index (χ0) is 39.4. The number of aromatic nitrogens is 1. The summed E-state index contributed by atoms with van der Waals surface area (Å²) >= 11 is 1.14. The fourth-order valence-electron chi connectivity index (χ4n) is 7.37. The fraction of sp³-hybridized carbons (Fsp3) is 0.784. The molecule has 0 spiro atoms. The quantitative estimate of drug-likeness (QED) is 0.199. The van der Waals surface area contributed by atoms with Crippen molar-refractivity contribution in [1.29, 1.82) is 0 Å². The molecule has 1 fully saturated rings. The molecule has 0 saturated carbocycles. The Bertz CT molecular complexity index is 1300. The summed E-state index contributed by atoms with van der Waals surface area (Å²) in [7, 11) is 9.70. The number of nitrogens with zero attached hydrogens (tertiary/aromatic N) is 4. The molecule has 1 aliphatic heterocycles. The van der Waals surface area contributed by atoms with Gasteiger partial charge in [-0.2, -0.15) is 4.90 Å². The molecular formula is C37H64N6O8S. The number of ketones is 1. The number of likely N-dealkylation sites (N-methyl/N-ethyl adjacent to an activating group) is 2. The molecule has 10 unspecified atom stereocenters. The third-order valence-corrected chi connectivity index (χ3v) is 11.4. The van der Waals surface area contributed by atoms with E-state index in [1.807, 2.05) is 60.5 Å². The highest BCUT2D eigenvalue weighted by molar-refractivity contribution is 7.14. The van der Waals surface area contributed by atoms with Gasteiger partial charge in [-0.3, -0.25) is 24.1 Å². The highest BCUT2D eigenvalue weighted by Gasteiger charge is 2.44. The van der Waals surface area contributed by atoms with Crippen molar-refractivity contribution >= 4 is 46.1 Å². The summed E-state index contributed by atoms with van der Waals surface area (Å²) in [5, 5.41) is 8.32. The predicted molar refractivity (Wildman–Crippen MR) is 202 cm³/mol. The second-order valence-corrected chi connectivity index (χ2v) is 15.5. The number of anilines is 1. The lowest BCUT2D eigenvalue weighted by molar-refractivity contribution is -0.145. The number of Topliss-reactive ketones (excluding diaryl/α,β-unsaturated/α-hetero) is 1. The van der Waals surface area contributed by atoms with Gasteiger partial charge in [0.05, 0.1) is 43.4 Å². The van der Waals surface area contributed by atoms with Crippen LogP contribution in [0, 0.1) is 23.7 Å². The van der Waals surface area contributed by atoms with E-state index in [0.717, 1.165) is 22.7 Å². The van der Waals surface area contributed by atoms with E-state index in [1.54, 1.807) is 31.4 Å². The largest absolute Gasteiger partial charge is 0.452 e. The molecule has 1 aromatic heterocycles. The zero-order valence-corrected chi connectivity index (χ0v) is 34.3. The summed E-state index contributed by atoms with van der Waals surface area (Å²) in [6, 6.07) is -2.46. The standard InChI is InChI=1S/C37H64N6O8S/c1-14-22(5)29(40-33(45)30(21(3)4)41(8)9)35(47)42(10)31(23(6)15-2)28(49-11)20-27(44)25-16-17-26(39-25)32(50-12)24(7)34(46)43(37(48)51-13)36-38-18-19-52-36/h18-19,21-26,28-32,39H,14-17,20H2,1-13H3,(H,40,45). The number of ether oxygens (including phenoxy) is 3. The van der Waals surface area contributed by atoms with Gasteiger partial charge in [0.2, 0.25) is 22.9 Å². The van der Waals surface area contributed by atoms with Gasteiger partial charge in [0.1, 0.15) is 6.04 Å². The van der Waals surface area contributed by atoms with Crippen LogP contribution in [-0.4, -0.2) is 129 Å². The number of imide groups is 1. The van der Waals surface area contributed by atoms with Crippen LogP contribution < -0.4 is 15.5 Å². The van der Waals surface area contributed by atoms with Gasteiger partial charge >= 0.3 is 6.09 Å². The lowest BCUT2D eigenvalue weighted by Crippen LogP contribution is -2.59. The Morgan fingerprint density at radius 3 is 2.06 bits per heavy atom. The highest BCUT2D eigenvalue weighted by atomic mass is 32.1. The number of nitrogens with one attached hydrogen (secondary N) is 2. The Kier molecular flexibility index (Phi) is 18.3. The maximum atomic E-state index is 14.3. The Hall–Kier alpha value is -2.98. The van der Waals surface area contributed by atoms with Gasteiger partial charge in [-0.25, -0.2) is 9.78 Å². The molecule has 1 aromatic rings. The minimum atomic E-state index is -0.842. The first-order chi connectivity index (χ1) is 24.5. The van der Waals surface area contributed by atoms with E-state index >= 15 is 0 Å². The second kappa shape index (κ2) is 21.0. The molecule has 14 nitrogen and oxygen atoms in total. The van der Waals surface area contributed by atoms with E-state index in [4.69, 9.17) is 14.2 Å². The lowest BCUT2D eigenvalue weighted by atomic mass is 9.87. The molecule has 2 N–H and O–H groups in total. The first kappa shape index (κ1) is 45.2. The first-order valence-electron chi connectivity index (χ1n) is 18.4. The van der Waals surface area contributed by atoms with E-state index in [1.165, 1.54) is 20.4 Å². The molecule has 0 aliphatic carbocycles. The Morgan fingerprint density at radius 1 is 0.942 bits per heavy atom. The number of carbonyl (C=O) groups is 5. The van der Waals surface area contributed by atoms with E-state index in [2.05, 4.69) is 15.6 Å². The monoisotopic (exact) mass is 752 g/mol. The number of carbonyl (C=O) groups excluding carboxylic acids is 5. The van der Waals surface area contributed by atoms with Crippen molar-refractivity contribution in [2.75, 3.05) is 47.4 Å². The summed E-state index contributed by atoms with van der Waals surface area (Å²) in [5.41, 5.74) is 0. The Labute approximate surface area is 314 Å². The van der Waals surface area contributed by atoms with Gasteiger partial charge in [-0.05, 0) is 44.7 Å². The minimum absolute atomic E-state index is 0.0187. The zero-order valence-electron chi connectivity index (χ0n) is 33.5. The molecule has 0 bridgehead atoms. The van der Waals surface area contributed by atoms with Gasteiger partial charge < -0.3 is 29.7 Å². The van der Waals surface area contributed by atoms with Crippen LogP contribution in [0.2, 0.25) is 0 Å². The summed E-state index contributed by atoms with van der Waals surface area (Å²) in [5.74, 6) is -1.89. The first-order valence-corrected chi connectivity index (χ1v) is 19.3. The molecule has 10 atom stereocenters. The average molecular weight is 753 g/mol. The third kappa shape index (κ3) is 11.0. The summed E-state index contributed by atoms with van der Waals surface area (Å²) in [4.78, 5) is 76.4. The van der Waals surface area contributed by atoms with Crippen LogP contribution in [0.4, 0.5) is 9.93 Å². The molecule has 0 radical (unpaired) electrons. The van der Waals surface area contributed by atoms with Gasteiger partial charge in [0.15, 0.2) is 5.78 Å². The normalized spacial score (nSPS) is 20.7. The van der Waals surface area contributed by atoms with Crippen molar-refractivity contribution < 1.29 is 38.2 Å². The molecule has 15 heteroatoms. The number of hydrogen-bond acceptors (Lipinski definition) is 12. The molecule has 1 saturated heterocycles. The van der Waals surface area contributed by atoms with Crippen molar-refractivity contribution in [3.8, 4) is 0 Å². The second-order valence-electron chi connectivity index (χ2n) is 14.6. The molecular weight excluding hydrogens is 689 g/mol. The summed E-state index contributed by atoms with van der Waals surface area (Å²) < 4.78 is 16.6. The van der Waals surface area contributed by atoms with Crippen LogP contribution in [0.25, 0.3) is 0 Å². The van der Waals surface area contributed by atoms with E-state index in [0.29, 0.717) is 19.3 Å². The van der Waals surface area contributed by atoms with Crippen molar-refractivity contribution in [1.82, 2.24) is 25.4 Å².